The lowest BCUT2D eigenvalue weighted by Gasteiger charge is -2.25. The Balaban J connectivity index is 2.30. The molecule has 6 heteroatoms. The molecule has 0 amide bonds. The molecule has 2 nitrogen and oxygen atoms in total. The molecule has 1 aromatic carbocycles. The van der Waals surface area contributed by atoms with Crippen molar-refractivity contribution in [2.45, 2.75) is 32.0 Å². The minimum atomic E-state index is -4.35. The van der Waals surface area contributed by atoms with Crippen molar-refractivity contribution in [2.24, 2.45) is 5.92 Å². The first kappa shape index (κ1) is 16.8. The van der Waals surface area contributed by atoms with Gasteiger partial charge in [0.25, 0.3) is 0 Å². The fraction of sp³-hybridized carbons (Fsp3) is 0.600. The first-order valence-corrected chi connectivity index (χ1v) is 7.90. The van der Waals surface area contributed by atoms with E-state index in [9.17, 15) is 13.2 Å². The Morgan fingerprint density at radius 2 is 2.19 bits per heavy atom. The minimum absolute atomic E-state index is 0.0793. The van der Waals surface area contributed by atoms with Crippen molar-refractivity contribution < 1.29 is 17.9 Å². The van der Waals surface area contributed by atoms with Gasteiger partial charge in [-0.25, -0.2) is 0 Å². The van der Waals surface area contributed by atoms with Crippen molar-refractivity contribution in [1.82, 2.24) is 5.32 Å². The fourth-order valence-electron chi connectivity index (χ4n) is 2.63. The first-order valence-electron chi connectivity index (χ1n) is 7.11. The van der Waals surface area contributed by atoms with Crippen molar-refractivity contribution in [3.8, 4) is 0 Å². The number of nitrogens with one attached hydrogen (secondary N) is 1. The van der Waals surface area contributed by atoms with Gasteiger partial charge in [-0.15, -0.1) is 0 Å². The minimum Gasteiger partial charge on any atom is -0.381 e. The van der Waals surface area contributed by atoms with E-state index < -0.39 is 11.7 Å². The summed E-state index contributed by atoms with van der Waals surface area (Å²) in [5.74, 6) is 0.221. The Bertz CT molecular complexity index is 472. The topological polar surface area (TPSA) is 21.3 Å². The summed E-state index contributed by atoms with van der Waals surface area (Å²) in [7, 11) is 0. The standard InChI is InChI=1S/C15H19BrF3NO/c1-2-6-20-14(11-5-7-21-9-11)10-3-4-13(16)12(8-10)15(17,18)19/h3-4,8,11,14,20H,2,5-7,9H2,1H3. The largest absolute Gasteiger partial charge is 0.417 e. The third kappa shape index (κ3) is 4.20. The average molecular weight is 366 g/mol. The Kier molecular flexibility index (Phi) is 5.68. The summed E-state index contributed by atoms with van der Waals surface area (Å²) >= 11 is 2.99. The third-order valence-electron chi connectivity index (χ3n) is 3.71. The molecule has 1 saturated heterocycles. The van der Waals surface area contributed by atoms with Crippen LogP contribution in [0.1, 0.15) is 36.9 Å². The maximum Gasteiger partial charge on any atom is 0.417 e. The summed E-state index contributed by atoms with van der Waals surface area (Å²) in [5, 5.41) is 3.36. The van der Waals surface area contributed by atoms with Crippen LogP contribution in [0.5, 0.6) is 0 Å². The zero-order valence-corrected chi connectivity index (χ0v) is 13.4. The molecule has 0 aliphatic carbocycles. The number of halogens is 4. The number of benzene rings is 1. The Morgan fingerprint density at radius 3 is 2.76 bits per heavy atom. The van der Waals surface area contributed by atoms with Crippen molar-refractivity contribution >= 4 is 15.9 Å². The van der Waals surface area contributed by atoms with Crippen LogP contribution in [0.2, 0.25) is 0 Å². The lowest BCUT2D eigenvalue weighted by molar-refractivity contribution is -0.138. The lowest BCUT2D eigenvalue weighted by atomic mass is 9.91. The van der Waals surface area contributed by atoms with Gasteiger partial charge in [0.05, 0.1) is 12.2 Å². The molecular formula is C15H19BrF3NO. The van der Waals surface area contributed by atoms with Gasteiger partial charge in [0, 0.05) is 23.0 Å². The molecule has 118 valence electrons. The van der Waals surface area contributed by atoms with E-state index in [4.69, 9.17) is 4.74 Å². The van der Waals surface area contributed by atoms with Crippen LogP contribution in [0.25, 0.3) is 0 Å². The number of alkyl halides is 3. The van der Waals surface area contributed by atoms with Gasteiger partial charge < -0.3 is 10.1 Å². The second-order valence-electron chi connectivity index (χ2n) is 5.29. The number of hydrogen-bond acceptors (Lipinski definition) is 2. The van der Waals surface area contributed by atoms with Crippen LogP contribution in [-0.4, -0.2) is 19.8 Å². The molecule has 0 saturated carbocycles. The molecule has 0 radical (unpaired) electrons. The van der Waals surface area contributed by atoms with Crippen LogP contribution in [0, 0.1) is 5.92 Å². The van der Waals surface area contributed by atoms with E-state index in [-0.39, 0.29) is 16.4 Å². The van der Waals surface area contributed by atoms with Crippen LogP contribution in [0.15, 0.2) is 22.7 Å². The van der Waals surface area contributed by atoms with Gasteiger partial charge in [0.1, 0.15) is 0 Å². The van der Waals surface area contributed by atoms with E-state index in [2.05, 4.69) is 21.2 Å². The van der Waals surface area contributed by atoms with Gasteiger partial charge in [0.15, 0.2) is 0 Å². The smallest absolute Gasteiger partial charge is 0.381 e. The van der Waals surface area contributed by atoms with Gasteiger partial charge in [-0.05, 0) is 37.1 Å². The molecule has 0 bridgehead atoms. The van der Waals surface area contributed by atoms with Crippen molar-refractivity contribution in [3.63, 3.8) is 0 Å². The lowest BCUT2D eigenvalue weighted by Crippen LogP contribution is -2.29. The van der Waals surface area contributed by atoms with Crippen LogP contribution >= 0.6 is 15.9 Å². The van der Waals surface area contributed by atoms with Crippen LogP contribution < -0.4 is 5.32 Å². The van der Waals surface area contributed by atoms with Crippen molar-refractivity contribution in [3.05, 3.63) is 33.8 Å². The molecule has 1 aliphatic rings. The highest BCUT2D eigenvalue weighted by Gasteiger charge is 2.35. The van der Waals surface area contributed by atoms with E-state index in [1.54, 1.807) is 6.07 Å². The molecule has 2 unspecified atom stereocenters. The van der Waals surface area contributed by atoms with E-state index >= 15 is 0 Å². The highest BCUT2D eigenvalue weighted by molar-refractivity contribution is 9.10. The van der Waals surface area contributed by atoms with Crippen molar-refractivity contribution in [1.29, 1.82) is 0 Å². The zero-order valence-electron chi connectivity index (χ0n) is 11.8. The summed E-state index contributed by atoms with van der Waals surface area (Å²) in [6.45, 7) is 4.09. The molecular weight excluding hydrogens is 347 g/mol. The molecule has 21 heavy (non-hydrogen) atoms. The fourth-order valence-corrected chi connectivity index (χ4v) is 3.10. The normalized spacial score (nSPS) is 20.7. The van der Waals surface area contributed by atoms with E-state index in [0.29, 0.717) is 18.8 Å². The van der Waals surface area contributed by atoms with Crippen LogP contribution in [0.4, 0.5) is 13.2 Å². The molecule has 2 rings (SSSR count). The maximum absolute atomic E-state index is 13.0. The van der Waals surface area contributed by atoms with E-state index in [1.165, 1.54) is 12.1 Å². The highest BCUT2D eigenvalue weighted by Crippen LogP contribution is 2.38. The first-order chi connectivity index (χ1) is 9.93. The Hall–Kier alpha value is -0.590. The van der Waals surface area contributed by atoms with E-state index in [1.807, 2.05) is 6.92 Å². The summed E-state index contributed by atoms with van der Waals surface area (Å²) < 4.78 is 44.6. The number of ether oxygens (including phenoxy) is 1. The number of rotatable bonds is 5. The summed E-state index contributed by atoms with van der Waals surface area (Å²) in [5.41, 5.74) is 0.0525. The summed E-state index contributed by atoms with van der Waals surface area (Å²) in [4.78, 5) is 0. The molecule has 1 heterocycles. The number of hydrogen-bond donors (Lipinski definition) is 1. The second-order valence-corrected chi connectivity index (χ2v) is 6.15. The molecule has 1 aliphatic heterocycles. The van der Waals surface area contributed by atoms with Gasteiger partial charge in [-0.2, -0.15) is 13.2 Å². The SMILES string of the molecule is CCCNC(c1ccc(Br)c(C(F)(F)F)c1)C1CCOC1. The van der Waals surface area contributed by atoms with Gasteiger partial charge >= 0.3 is 6.18 Å². The third-order valence-corrected chi connectivity index (χ3v) is 4.40. The van der Waals surface area contributed by atoms with Crippen molar-refractivity contribution in [2.75, 3.05) is 19.8 Å². The molecule has 2 atom stereocenters. The maximum atomic E-state index is 13.0. The Labute approximate surface area is 131 Å². The molecule has 1 N–H and O–H groups in total. The summed E-state index contributed by atoms with van der Waals surface area (Å²) in [6.07, 6.45) is -2.54. The average Bonchev–Trinajstić information content (AvgIpc) is 2.93. The second kappa shape index (κ2) is 7.11. The Morgan fingerprint density at radius 1 is 1.43 bits per heavy atom. The molecule has 0 spiro atoms. The zero-order chi connectivity index (χ0) is 15.5. The molecule has 0 aromatic heterocycles. The monoisotopic (exact) mass is 365 g/mol. The molecule has 1 aromatic rings. The predicted octanol–water partition coefficient (Wildman–Crippen LogP) is 4.55. The van der Waals surface area contributed by atoms with Gasteiger partial charge in [0.2, 0.25) is 0 Å². The quantitative estimate of drug-likeness (QED) is 0.826. The van der Waals surface area contributed by atoms with Gasteiger partial charge in [-0.1, -0.05) is 28.9 Å². The highest BCUT2D eigenvalue weighted by atomic mass is 79.9. The van der Waals surface area contributed by atoms with Gasteiger partial charge in [-0.3, -0.25) is 0 Å². The predicted molar refractivity (Wildman–Crippen MR) is 79.1 cm³/mol. The molecule has 1 fully saturated rings. The van der Waals surface area contributed by atoms with Crippen LogP contribution in [0.3, 0.4) is 0 Å². The van der Waals surface area contributed by atoms with E-state index in [0.717, 1.165) is 19.4 Å². The van der Waals surface area contributed by atoms with Crippen LogP contribution in [-0.2, 0) is 10.9 Å². The summed E-state index contributed by atoms with van der Waals surface area (Å²) in [6, 6.07) is 4.39.